The Labute approximate surface area is 171 Å². The van der Waals surface area contributed by atoms with Crippen LogP contribution in [-0.4, -0.2) is 43.4 Å². The van der Waals surface area contributed by atoms with E-state index in [1.54, 1.807) is 12.3 Å². The summed E-state index contributed by atoms with van der Waals surface area (Å²) in [5, 5.41) is 12.4. The van der Waals surface area contributed by atoms with Crippen LogP contribution in [0.4, 0.5) is 27.3 Å². The first-order valence-corrected chi connectivity index (χ1v) is 10.4. The van der Waals surface area contributed by atoms with Gasteiger partial charge >= 0.3 is 0 Å². The highest BCUT2D eigenvalue weighted by molar-refractivity contribution is 5.75. The van der Waals surface area contributed by atoms with Crippen molar-refractivity contribution in [1.82, 2.24) is 4.98 Å². The fourth-order valence-electron chi connectivity index (χ4n) is 4.25. The fraction of sp³-hybridized carbons (Fsp3) is 0.435. The molecule has 0 aliphatic carbocycles. The zero-order valence-electron chi connectivity index (χ0n) is 16.9. The summed E-state index contributed by atoms with van der Waals surface area (Å²) in [4.78, 5) is 8.75. The number of benzene rings is 1. The molecule has 1 aromatic carbocycles. The van der Waals surface area contributed by atoms with Crippen LogP contribution >= 0.6 is 0 Å². The normalized spacial score (nSPS) is 17.1. The Bertz CT molecular complexity index is 860. The summed E-state index contributed by atoms with van der Waals surface area (Å²) in [7, 11) is 1.89. The Balaban J connectivity index is 1.38. The van der Waals surface area contributed by atoms with Crippen molar-refractivity contribution in [2.75, 3.05) is 48.4 Å². The summed E-state index contributed by atoms with van der Waals surface area (Å²) in [6.07, 6.45) is 7.71. The van der Waals surface area contributed by atoms with Gasteiger partial charge in [0.2, 0.25) is 0 Å². The molecule has 3 heterocycles. The van der Waals surface area contributed by atoms with Gasteiger partial charge in [0.1, 0.15) is 11.6 Å². The number of hydrogen-bond acceptors (Lipinski definition) is 5. The van der Waals surface area contributed by atoms with Gasteiger partial charge in [-0.05, 0) is 61.9 Å². The summed E-state index contributed by atoms with van der Waals surface area (Å²) in [5.41, 5.74) is 4.01. The molecule has 4 rings (SSSR count). The van der Waals surface area contributed by atoms with Gasteiger partial charge in [-0.2, -0.15) is 0 Å². The van der Waals surface area contributed by atoms with Crippen LogP contribution in [0.3, 0.4) is 0 Å². The van der Waals surface area contributed by atoms with E-state index in [9.17, 15) is 4.39 Å². The maximum absolute atomic E-state index is 13.6. The van der Waals surface area contributed by atoms with Crippen LogP contribution in [0.5, 0.6) is 0 Å². The number of pyridine rings is 1. The van der Waals surface area contributed by atoms with Gasteiger partial charge < -0.3 is 20.2 Å². The molecule has 2 N–H and O–H groups in total. The van der Waals surface area contributed by atoms with Crippen LogP contribution in [0.15, 0.2) is 42.4 Å². The second kappa shape index (κ2) is 8.82. The number of fused-ring (bicyclic) bond motifs is 1. The van der Waals surface area contributed by atoms with Crippen molar-refractivity contribution in [3.8, 4) is 0 Å². The van der Waals surface area contributed by atoms with Gasteiger partial charge in [0.25, 0.3) is 0 Å². The topological polar surface area (TPSA) is 51.6 Å². The van der Waals surface area contributed by atoms with Crippen LogP contribution in [0.2, 0.25) is 0 Å². The number of halogens is 1. The lowest BCUT2D eigenvalue weighted by molar-refractivity contribution is 0.261. The number of nitrogens with zero attached hydrogens (tertiary/aromatic N) is 3. The highest BCUT2D eigenvalue weighted by atomic mass is 19.1. The Kier molecular flexibility index (Phi) is 6.00. The van der Waals surface area contributed by atoms with E-state index in [1.807, 2.05) is 18.0 Å². The smallest absolute Gasteiger partial charge is 0.132 e. The summed E-state index contributed by atoms with van der Waals surface area (Å²) < 4.78 is 13.6. The minimum atomic E-state index is -0.143. The predicted molar refractivity (Wildman–Crippen MR) is 118 cm³/mol. The molecule has 1 saturated heterocycles. The van der Waals surface area contributed by atoms with E-state index in [0.29, 0.717) is 13.2 Å². The van der Waals surface area contributed by atoms with E-state index < -0.39 is 0 Å². The van der Waals surface area contributed by atoms with Gasteiger partial charge in [-0.3, -0.25) is 0 Å². The van der Waals surface area contributed by atoms with Crippen molar-refractivity contribution in [3.63, 3.8) is 0 Å². The number of nitrogens with one attached hydrogen (secondary N) is 1. The molecule has 29 heavy (non-hydrogen) atoms. The van der Waals surface area contributed by atoms with Crippen molar-refractivity contribution >= 4 is 29.0 Å². The van der Waals surface area contributed by atoms with Crippen molar-refractivity contribution in [1.29, 1.82) is 0 Å². The molecular formula is C23H29FN4O. The Morgan fingerprint density at radius 2 is 1.97 bits per heavy atom. The van der Waals surface area contributed by atoms with Gasteiger partial charge in [-0.1, -0.05) is 0 Å². The van der Waals surface area contributed by atoms with Crippen LogP contribution in [-0.2, 0) is 0 Å². The third-order valence-corrected chi connectivity index (χ3v) is 5.91. The predicted octanol–water partition coefficient (Wildman–Crippen LogP) is 4.57. The van der Waals surface area contributed by atoms with E-state index in [4.69, 9.17) is 5.11 Å². The maximum Gasteiger partial charge on any atom is 0.132 e. The second-order valence-electron chi connectivity index (χ2n) is 8.04. The summed E-state index contributed by atoms with van der Waals surface area (Å²) in [6.45, 7) is 2.75. The standard InChI is InChI=1S/C23H29FN4O/c1-27-16-19(24)13-18-15-25-23(14-22(18)27)26-20-4-6-21(7-5-20)28-10-8-17(9-11-28)3-2-12-29/h4-7,13-15,17,29H,2-3,8-12,16H2,1H3,(H,25,26). The van der Waals surface area contributed by atoms with Crippen LogP contribution in [0.1, 0.15) is 31.2 Å². The van der Waals surface area contributed by atoms with Gasteiger partial charge in [0.05, 0.1) is 6.54 Å². The van der Waals surface area contributed by atoms with Gasteiger partial charge in [-0.15, -0.1) is 0 Å². The molecule has 0 bridgehead atoms. The molecule has 0 unspecified atom stereocenters. The third kappa shape index (κ3) is 4.70. The lowest BCUT2D eigenvalue weighted by Crippen LogP contribution is -2.33. The molecule has 5 nitrogen and oxygen atoms in total. The first-order chi connectivity index (χ1) is 14.1. The Morgan fingerprint density at radius 1 is 1.21 bits per heavy atom. The molecule has 0 saturated carbocycles. The molecule has 0 amide bonds. The number of piperidine rings is 1. The molecule has 1 aromatic heterocycles. The van der Waals surface area contributed by atoms with Gasteiger partial charge in [0, 0.05) is 61.6 Å². The quantitative estimate of drug-likeness (QED) is 0.749. The minimum absolute atomic E-state index is 0.143. The highest BCUT2D eigenvalue weighted by Crippen LogP contribution is 2.31. The van der Waals surface area contributed by atoms with Gasteiger partial charge in [0.15, 0.2) is 0 Å². The maximum atomic E-state index is 13.6. The number of anilines is 4. The summed E-state index contributed by atoms with van der Waals surface area (Å²) in [6, 6.07) is 10.4. The number of likely N-dealkylation sites (N-methyl/N-ethyl adjacent to an activating group) is 1. The van der Waals surface area contributed by atoms with E-state index >= 15 is 0 Å². The van der Waals surface area contributed by atoms with E-state index in [-0.39, 0.29) is 5.83 Å². The molecule has 2 aromatic rings. The van der Waals surface area contributed by atoms with Crippen molar-refractivity contribution in [2.24, 2.45) is 5.92 Å². The van der Waals surface area contributed by atoms with Crippen molar-refractivity contribution in [3.05, 3.63) is 47.9 Å². The average Bonchev–Trinajstić information content (AvgIpc) is 2.74. The fourth-order valence-corrected chi connectivity index (χ4v) is 4.25. The van der Waals surface area contributed by atoms with E-state index in [1.165, 1.54) is 18.5 Å². The SMILES string of the molecule is CN1CC(F)=Cc2cnc(Nc3ccc(N4CCC(CCCO)CC4)cc3)cc21. The first kappa shape index (κ1) is 19.7. The molecule has 0 spiro atoms. The van der Waals surface area contributed by atoms with Gasteiger partial charge in [-0.25, -0.2) is 9.37 Å². The van der Waals surface area contributed by atoms with Crippen LogP contribution in [0, 0.1) is 5.92 Å². The number of aliphatic hydroxyl groups excluding tert-OH is 1. The highest BCUT2D eigenvalue weighted by Gasteiger charge is 2.19. The van der Waals surface area contributed by atoms with E-state index in [0.717, 1.165) is 54.6 Å². The summed E-state index contributed by atoms with van der Waals surface area (Å²) >= 11 is 0. The third-order valence-electron chi connectivity index (χ3n) is 5.91. The summed E-state index contributed by atoms with van der Waals surface area (Å²) in [5.74, 6) is 1.36. The van der Waals surface area contributed by atoms with Crippen LogP contribution in [0.25, 0.3) is 6.08 Å². The largest absolute Gasteiger partial charge is 0.396 e. The number of rotatable bonds is 6. The van der Waals surface area contributed by atoms with Crippen LogP contribution < -0.4 is 15.1 Å². The molecule has 2 aliphatic heterocycles. The van der Waals surface area contributed by atoms with E-state index in [2.05, 4.69) is 39.5 Å². The second-order valence-corrected chi connectivity index (χ2v) is 8.04. The Hall–Kier alpha value is -2.60. The Morgan fingerprint density at radius 3 is 2.69 bits per heavy atom. The zero-order valence-corrected chi connectivity index (χ0v) is 16.9. The lowest BCUT2D eigenvalue weighted by atomic mass is 9.92. The molecule has 6 heteroatoms. The molecule has 0 radical (unpaired) electrons. The average molecular weight is 397 g/mol. The number of hydrogen-bond donors (Lipinski definition) is 2. The molecule has 0 atom stereocenters. The van der Waals surface area contributed by atoms with Crippen molar-refractivity contribution in [2.45, 2.75) is 25.7 Å². The number of aliphatic hydroxyl groups is 1. The first-order valence-electron chi connectivity index (χ1n) is 10.4. The molecule has 154 valence electrons. The minimum Gasteiger partial charge on any atom is -0.396 e. The monoisotopic (exact) mass is 396 g/mol. The molecular weight excluding hydrogens is 367 g/mol. The lowest BCUT2D eigenvalue weighted by Gasteiger charge is -2.33. The molecule has 2 aliphatic rings. The van der Waals surface area contributed by atoms with Crippen molar-refractivity contribution < 1.29 is 9.50 Å². The number of aromatic nitrogens is 1. The zero-order chi connectivity index (χ0) is 20.2. The molecule has 1 fully saturated rings.